The van der Waals surface area contributed by atoms with Crippen LogP contribution >= 0.6 is 23.6 Å². The van der Waals surface area contributed by atoms with Gasteiger partial charge in [0.15, 0.2) is 0 Å². The quantitative estimate of drug-likeness (QED) is 0.407. The minimum atomic E-state index is -0.991. The predicted octanol–water partition coefficient (Wildman–Crippen LogP) is 3.11. The number of hydrogen-bond acceptors (Lipinski definition) is 3. The molecule has 3 nitrogen and oxygen atoms in total. The van der Waals surface area contributed by atoms with Gasteiger partial charge < -0.3 is 4.74 Å². The van der Waals surface area contributed by atoms with Crippen molar-refractivity contribution in [3.63, 3.8) is 0 Å². The Labute approximate surface area is 95.5 Å². The van der Waals surface area contributed by atoms with Crippen LogP contribution in [0.1, 0.15) is 40.0 Å². The third-order valence-corrected chi connectivity index (χ3v) is 2.75. The molecule has 0 saturated heterocycles. The minimum Gasteiger partial charge on any atom is -0.464 e. The first-order valence-corrected chi connectivity index (χ1v) is 5.39. The average Bonchev–Trinajstić information content (AvgIpc) is 2.11. The lowest BCUT2D eigenvalue weighted by Crippen LogP contribution is -2.41. The lowest BCUT2D eigenvalue weighted by Gasteiger charge is -2.24. The highest BCUT2D eigenvalue weighted by Gasteiger charge is 2.35. The van der Waals surface area contributed by atoms with Gasteiger partial charge in [0.05, 0.1) is 6.61 Å². The van der Waals surface area contributed by atoms with Gasteiger partial charge in [0, 0.05) is 0 Å². The summed E-state index contributed by atoms with van der Waals surface area (Å²) in [6.45, 7) is 5.73. The number of unbranched alkanes of at least 4 members (excludes halogenated alkanes) is 2. The summed E-state index contributed by atoms with van der Waals surface area (Å²) in [4.78, 5) is 11.4. The maximum atomic E-state index is 11.4. The summed E-state index contributed by atoms with van der Waals surface area (Å²) in [5.41, 5.74) is -0.991. The summed E-state index contributed by atoms with van der Waals surface area (Å²) >= 11 is 11.0. The summed E-state index contributed by atoms with van der Waals surface area (Å²) in [5, 5.41) is 0. The number of halogens is 2. The van der Waals surface area contributed by atoms with Crippen molar-refractivity contribution in [2.24, 2.45) is 0 Å². The van der Waals surface area contributed by atoms with Crippen molar-refractivity contribution in [2.45, 2.75) is 45.6 Å². The Kier molecular flexibility index (Phi) is 6.49. The molecule has 0 atom stereocenters. The zero-order chi connectivity index (χ0) is 11.2. The molecule has 0 amide bonds. The number of esters is 1. The van der Waals surface area contributed by atoms with Crippen LogP contribution in [0, 0.1) is 0 Å². The number of ether oxygens (including phenoxy) is 1. The average molecular weight is 242 g/mol. The van der Waals surface area contributed by atoms with Gasteiger partial charge in [-0.2, -0.15) is 0 Å². The molecule has 0 N–H and O–H groups in total. The molecular formula is C9H17Cl2NO2. The van der Waals surface area contributed by atoms with E-state index >= 15 is 0 Å². The maximum absolute atomic E-state index is 11.4. The number of carbonyl (C=O) groups excluding carboxylic acids is 1. The van der Waals surface area contributed by atoms with Gasteiger partial charge >= 0.3 is 5.97 Å². The Bertz CT molecular complexity index is 184. The second kappa shape index (κ2) is 6.49. The van der Waals surface area contributed by atoms with E-state index in [-0.39, 0.29) is 0 Å². The van der Waals surface area contributed by atoms with Gasteiger partial charge in [-0.25, -0.2) is 4.79 Å². The van der Waals surface area contributed by atoms with Crippen LogP contribution in [0.2, 0.25) is 0 Å². The number of carbonyl (C=O) groups is 1. The second-order valence-electron chi connectivity index (χ2n) is 3.63. The third kappa shape index (κ3) is 4.49. The van der Waals surface area contributed by atoms with E-state index < -0.39 is 11.5 Å². The fraction of sp³-hybridized carbons (Fsp3) is 0.889. The zero-order valence-electron chi connectivity index (χ0n) is 8.85. The van der Waals surface area contributed by atoms with Crippen LogP contribution in [0.5, 0.6) is 0 Å². The number of hydrogen-bond donors (Lipinski definition) is 0. The highest BCUT2D eigenvalue weighted by atomic mass is 35.5. The molecule has 84 valence electrons. The van der Waals surface area contributed by atoms with Crippen LogP contribution in [0.4, 0.5) is 0 Å². The molecule has 14 heavy (non-hydrogen) atoms. The van der Waals surface area contributed by atoms with Crippen molar-refractivity contribution < 1.29 is 9.53 Å². The van der Waals surface area contributed by atoms with Gasteiger partial charge in [0.2, 0.25) is 0 Å². The van der Waals surface area contributed by atoms with Crippen LogP contribution in [-0.4, -0.2) is 22.1 Å². The molecule has 0 aromatic carbocycles. The van der Waals surface area contributed by atoms with Crippen molar-refractivity contribution >= 4 is 29.5 Å². The fourth-order valence-electron chi connectivity index (χ4n) is 0.763. The first-order chi connectivity index (χ1) is 6.42. The molecule has 0 bridgehead atoms. The second-order valence-corrected chi connectivity index (χ2v) is 4.48. The molecule has 5 heteroatoms. The molecule has 0 spiro atoms. The molecule has 0 aliphatic heterocycles. The predicted molar refractivity (Wildman–Crippen MR) is 58.1 cm³/mol. The normalized spacial score (nSPS) is 11.9. The van der Waals surface area contributed by atoms with Crippen molar-refractivity contribution in [2.75, 3.05) is 6.61 Å². The van der Waals surface area contributed by atoms with Gasteiger partial charge in [0.25, 0.3) is 0 Å². The van der Waals surface area contributed by atoms with E-state index in [4.69, 9.17) is 28.3 Å². The van der Waals surface area contributed by atoms with Crippen molar-refractivity contribution in [3.05, 3.63) is 0 Å². The first-order valence-electron chi connectivity index (χ1n) is 4.72. The zero-order valence-corrected chi connectivity index (χ0v) is 10.4. The molecule has 0 aromatic rings. The minimum absolute atomic E-state index is 0.404. The van der Waals surface area contributed by atoms with Gasteiger partial charge in [-0.15, -0.1) is 3.94 Å². The van der Waals surface area contributed by atoms with E-state index in [2.05, 4.69) is 6.92 Å². The van der Waals surface area contributed by atoms with Crippen molar-refractivity contribution in [1.82, 2.24) is 3.94 Å². The number of rotatable bonds is 6. The molecule has 0 aliphatic rings. The molecule has 0 fully saturated rings. The lowest BCUT2D eigenvalue weighted by atomic mass is 10.1. The van der Waals surface area contributed by atoms with Crippen LogP contribution in [0.3, 0.4) is 0 Å². The molecule has 0 saturated carbocycles. The molecule has 0 rings (SSSR count). The van der Waals surface area contributed by atoms with Crippen molar-refractivity contribution in [1.29, 1.82) is 0 Å². The van der Waals surface area contributed by atoms with Crippen LogP contribution < -0.4 is 0 Å². The Morgan fingerprint density at radius 1 is 1.36 bits per heavy atom. The standard InChI is InChI=1S/C9H17Cl2NO2/c1-4-5-6-7-14-8(13)9(2,3)12(10)11/h4-7H2,1-3H3. The monoisotopic (exact) mass is 241 g/mol. The number of nitrogens with zero attached hydrogens (tertiary/aromatic N) is 1. The van der Waals surface area contributed by atoms with Gasteiger partial charge in [-0.1, -0.05) is 19.8 Å². The molecular weight excluding hydrogens is 225 g/mol. The lowest BCUT2D eigenvalue weighted by molar-refractivity contribution is -0.151. The molecule has 0 unspecified atom stereocenters. The van der Waals surface area contributed by atoms with E-state index in [0.717, 1.165) is 23.2 Å². The van der Waals surface area contributed by atoms with Crippen LogP contribution in [0.15, 0.2) is 0 Å². The van der Waals surface area contributed by atoms with Gasteiger partial charge in [0.1, 0.15) is 5.54 Å². The topological polar surface area (TPSA) is 29.5 Å². The molecule has 0 aromatic heterocycles. The van der Waals surface area contributed by atoms with E-state index in [1.807, 2.05) is 0 Å². The summed E-state index contributed by atoms with van der Waals surface area (Å²) in [6, 6.07) is 0. The third-order valence-electron chi connectivity index (χ3n) is 1.90. The summed E-state index contributed by atoms with van der Waals surface area (Å²) < 4.78 is 5.84. The highest BCUT2D eigenvalue weighted by molar-refractivity contribution is 6.35. The van der Waals surface area contributed by atoms with Gasteiger partial charge in [-0.3, -0.25) is 0 Å². The largest absolute Gasteiger partial charge is 0.464 e. The summed E-state index contributed by atoms with van der Waals surface area (Å²) in [5.74, 6) is -0.404. The Morgan fingerprint density at radius 2 is 1.93 bits per heavy atom. The maximum Gasteiger partial charge on any atom is 0.328 e. The van der Waals surface area contributed by atoms with Crippen molar-refractivity contribution in [3.8, 4) is 0 Å². The highest BCUT2D eigenvalue weighted by Crippen LogP contribution is 2.21. The molecule has 0 heterocycles. The van der Waals surface area contributed by atoms with Gasteiger partial charge in [-0.05, 0) is 43.8 Å². The summed E-state index contributed by atoms with van der Waals surface area (Å²) in [6.07, 6.45) is 3.03. The Hall–Kier alpha value is 0.01000. The van der Waals surface area contributed by atoms with E-state index in [9.17, 15) is 4.79 Å². The van der Waals surface area contributed by atoms with E-state index in [0.29, 0.717) is 6.61 Å². The molecule has 0 aliphatic carbocycles. The SMILES string of the molecule is CCCCCOC(=O)C(C)(C)N(Cl)Cl. The summed E-state index contributed by atoms with van der Waals surface area (Å²) in [7, 11) is 0. The Morgan fingerprint density at radius 3 is 2.36 bits per heavy atom. The molecule has 0 radical (unpaired) electrons. The van der Waals surface area contributed by atoms with E-state index in [1.54, 1.807) is 13.8 Å². The van der Waals surface area contributed by atoms with Crippen LogP contribution in [0.25, 0.3) is 0 Å². The fourth-order valence-corrected chi connectivity index (χ4v) is 0.901. The Balaban J connectivity index is 3.84. The van der Waals surface area contributed by atoms with E-state index in [1.165, 1.54) is 0 Å². The smallest absolute Gasteiger partial charge is 0.328 e. The van der Waals surface area contributed by atoms with Crippen LogP contribution in [-0.2, 0) is 9.53 Å². The first kappa shape index (κ1) is 14.0.